The van der Waals surface area contributed by atoms with Crippen LogP contribution in [0.4, 0.5) is 10.1 Å². The maximum absolute atomic E-state index is 14.7. The van der Waals surface area contributed by atoms with Gasteiger partial charge in [0.05, 0.1) is 12.0 Å². The number of nitrogens with zero attached hydrogens (tertiary/aromatic N) is 2. The molecule has 30 heavy (non-hydrogen) atoms. The van der Waals surface area contributed by atoms with Gasteiger partial charge < -0.3 is 14.5 Å². The first kappa shape index (κ1) is 19.4. The number of hydrogen-bond donors (Lipinski definition) is 1. The monoisotopic (exact) mass is 405 g/mol. The lowest BCUT2D eigenvalue weighted by Gasteiger charge is -2.10. The first-order valence-corrected chi connectivity index (χ1v) is 9.40. The molecule has 0 radical (unpaired) electrons. The summed E-state index contributed by atoms with van der Waals surface area (Å²) in [6, 6.07) is 17.3. The number of benzene rings is 2. The number of nitrogens with one attached hydrogen (secondary N) is 1. The van der Waals surface area contributed by atoms with Crippen LogP contribution in [-0.2, 0) is 6.61 Å². The third-order valence-corrected chi connectivity index (χ3v) is 4.53. The fraction of sp³-hybridized carbons (Fsp3) is 0.130. The fourth-order valence-electron chi connectivity index (χ4n) is 3.14. The Labute approximate surface area is 172 Å². The molecule has 6 nitrogen and oxygen atoms in total. The van der Waals surface area contributed by atoms with E-state index in [9.17, 15) is 9.18 Å². The van der Waals surface area contributed by atoms with E-state index in [1.165, 1.54) is 17.0 Å². The van der Waals surface area contributed by atoms with E-state index in [-0.39, 0.29) is 12.4 Å². The Hall–Kier alpha value is -3.87. The zero-order valence-corrected chi connectivity index (χ0v) is 16.6. The lowest BCUT2D eigenvalue weighted by atomic mass is 10.2. The highest BCUT2D eigenvalue weighted by Gasteiger charge is 2.17. The molecule has 0 unspecified atom stereocenters. The quantitative estimate of drug-likeness (QED) is 0.487. The zero-order chi connectivity index (χ0) is 21.1. The van der Waals surface area contributed by atoms with Gasteiger partial charge in [-0.05, 0) is 56.3 Å². The standard InChI is InChI=1S/C23H20FN3O3/c1-15-12-16(2)27(26-15)21-9-8-18(13-20(21)24)25-23(28)22-17(10-11-29-22)14-30-19-6-4-3-5-7-19/h3-13H,14H2,1-2H3,(H,25,28). The molecule has 2 aromatic carbocycles. The minimum Gasteiger partial charge on any atom is -0.489 e. The molecule has 0 aliphatic rings. The topological polar surface area (TPSA) is 69.3 Å². The number of anilines is 1. The highest BCUT2D eigenvalue weighted by Crippen LogP contribution is 2.22. The van der Waals surface area contributed by atoms with Crippen LogP contribution in [0.3, 0.4) is 0 Å². The van der Waals surface area contributed by atoms with Gasteiger partial charge in [-0.3, -0.25) is 4.79 Å². The van der Waals surface area contributed by atoms with E-state index in [0.717, 1.165) is 11.4 Å². The molecular formula is C23H20FN3O3. The van der Waals surface area contributed by atoms with Crippen LogP contribution in [0.2, 0.25) is 0 Å². The van der Waals surface area contributed by atoms with Crippen LogP contribution < -0.4 is 10.1 Å². The number of halogens is 1. The summed E-state index contributed by atoms with van der Waals surface area (Å²) in [4.78, 5) is 12.6. The molecule has 0 aliphatic carbocycles. The predicted molar refractivity (Wildman–Crippen MR) is 110 cm³/mol. The number of amides is 1. The molecule has 152 valence electrons. The van der Waals surface area contributed by atoms with Crippen molar-refractivity contribution in [1.29, 1.82) is 0 Å². The van der Waals surface area contributed by atoms with Crippen LogP contribution in [0, 0.1) is 19.7 Å². The molecule has 1 amide bonds. The molecule has 0 saturated heterocycles. The Bertz CT molecular complexity index is 1180. The lowest BCUT2D eigenvalue weighted by molar-refractivity contribution is 0.0993. The number of rotatable bonds is 6. The Morgan fingerprint density at radius 2 is 1.93 bits per heavy atom. The van der Waals surface area contributed by atoms with Crippen LogP contribution >= 0.6 is 0 Å². The van der Waals surface area contributed by atoms with Crippen molar-refractivity contribution in [3.8, 4) is 11.4 Å². The summed E-state index contributed by atoms with van der Waals surface area (Å²) in [6.07, 6.45) is 1.42. The van der Waals surface area contributed by atoms with Gasteiger partial charge in [0.1, 0.15) is 18.0 Å². The van der Waals surface area contributed by atoms with Gasteiger partial charge >= 0.3 is 0 Å². The molecule has 0 bridgehead atoms. The number of aryl methyl sites for hydroxylation is 2. The summed E-state index contributed by atoms with van der Waals surface area (Å²) < 4.78 is 27.2. The maximum atomic E-state index is 14.7. The van der Waals surface area contributed by atoms with Gasteiger partial charge in [0.25, 0.3) is 5.91 Å². The summed E-state index contributed by atoms with van der Waals surface area (Å²) in [5, 5.41) is 6.95. The summed E-state index contributed by atoms with van der Waals surface area (Å²) in [5.74, 6) is -0.170. The second-order valence-electron chi connectivity index (χ2n) is 6.84. The number of carbonyl (C=O) groups is 1. The van der Waals surface area contributed by atoms with E-state index in [0.29, 0.717) is 22.7 Å². The molecular weight excluding hydrogens is 385 g/mol. The van der Waals surface area contributed by atoms with Crippen LogP contribution in [0.1, 0.15) is 27.5 Å². The number of para-hydroxylation sites is 1. The third kappa shape index (κ3) is 4.10. The van der Waals surface area contributed by atoms with Gasteiger partial charge in [-0.15, -0.1) is 0 Å². The SMILES string of the molecule is Cc1cc(C)n(-c2ccc(NC(=O)c3occc3COc3ccccc3)cc2F)n1. The average Bonchev–Trinajstić information content (AvgIpc) is 3.33. The molecule has 2 heterocycles. The van der Waals surface area contributed by atoms with Crippen LogP contribution in [-0.4, -0.2) is 15.7 Å². The predicted octanol–water partition coefficient (Wildman–Crippen LogP) is 5.05. The Morgan fingerprint density at radius 1 is 1.13 bits per heavy atom. The van der Waals surface area contributed by atoms with Crippen molar-refractivity contribution in [3.63, 3.8) is 0 Å². The normalized spacial score (nSPS) is 10.8. The molecule has 7 heteroatoms. The van der Waals surface area contributed by atoms with E-state index in [1.54, 1.807) is 18.2 Å². The molecule has 4 aromatic rings. The second-order valence-corrected chi connectivity index (χ2v) is 6.84. The summed E-state index contributed by atoms with van der Waals surface area (Å²) in [7, 11) is 0. The van der Waals surface area contributed by atoms with Gasteiger partial charge in [-0.1, -0.05) is 18.2 Å². The van der Waals surface area contributed by atoms with E-state index in [1.807, 2.05) is 50.2 Å². The molecule has 0 atom stereocenters. The molecule has 1 N–H and O–H groups in total. The van der Waals surface area contributed by atoms with Crippen molar-refractivity contribution in [1.82, 2.24) is 9.78 Å². The van der Waals surface area contributed by atoms with E-state index in [4.69, 9.17) is 9.15 Å². The molecule has 0 spiro atoms. The van der Waals surface area contributed by atoms with E-state index >= 15 is 0 Å². The molecule has 0 aliphatic heterocycles. The Morgan fingerprint density at radius 3 is 2.63 bits per heavy atom. The summed E-state index contributed by atoms with van der Waals surface area (Å²) in [6.45, 7) is 3.87. The number of ether oxygens (including phenoxy) is 1. The number of carbonyl (C=O) groups excluding carboxylic acids is 1. The first-order chi connectivity index (χ1) is 14.5. The third-order valence-electron chi connectivity index (χ3n) is 4.53. The first-order valence-electron chi connectivity index (χ1n) is 9.40. The molecule has 2 aromatic heterocycles. The largest absolute Gasteiger partial charge is 0.489 e. The van der Waals surface area contributed by atoms with Gasteiger partial charge in [0.2, 0.25) is 0 Å². The minimum atomic E-state index is -0.494. The van der Waals surface area contributed by atoms with Gasteiger partial charge in [-0.2, -0.15) is 5.10 Å². The lowest BCUT2D eigenvalue weighted by Crippen LogP contribution is -2.14. The van der Waals surface area contributed by atoms with Crippen molar-refractivity contribution >= 4 is 11.6 Å². The van der Waals surface area contributed by atoms with Gasteiger partial charge in [0.15, 0.2) is 11.6 Å². The van der Waals surface area contributed by atoms with E-state index < -0.39 is 11.7 Å². The van der Waals surface area contributed by atoms with Crippen molar-refractivity contribution in [2.24, 2.45) is 0 Å². The number of furan rings is 1. The number of hydrogen-bond acceptors (Lipinski definition) is 4. The van der Waals surface area contributed by atoms with Gasteiger partial charge in [0, 0.05) is 16.9 Å². The zero-order valence-electron chi connectivity index (χ0n) is 16.6. The second kappa shape index (κ2) is 8.24. The van der Waals surface area contributed by atoms with Crippen molar-refractivity contribution in [2.45, 2.75) is 20.5 Å². The van der Waals surface area contributed by atoms with Crippen molar-refractivity contribution < 1.29 is 18.3 Å². The highest BCUT2D eigenvalue weighted by atomic mass is 19.1. The fourth-order valence-corrected chi connectivity index (χ4v) is 3.14. The van der Waals surface area contributed by atoms with E-state index in [2.05, 4.69) is 10.4 Å². The highest BCUT2D eigenvalue weighted by molar-refractivity contribution is 6.03. The molecule has 0 fully saturated rings. The summed E-state index contributed by atoms with van der Waals surface area (Å²) in [5.41, 5.74) is 2.84. The van der Waals surface area contributed by atoms with Crippen LogP contribution in [0.5, 0.6) is 5.75 Å². The number of aromatic nitrogens is 2. The minimum absolute atomic E-state index is 0.119. The molecule has 4 rings (SSSR count). The van der Waals surface area contributed by atoms with Crippen LogP contribution in [0.15, 0.2) is 71.3 Å². The summed E-state index contributed by atoms with van der Waals surface area (Å²) >= 11 is 0. The Balaban J connectivity index is 1.47. The van der Waals surface area contributed by atoms with Crippen LogP contribution in [0.25, 0.3) is 5.69 Å². The maximum Gasteiger partial charge on any atom is 0.291 e. The Kier molecular flexibility index (Phi) is 5.34. The average molecular weight is 405 g/mol. The van der Waals surface area contributed by atoms with Crippen molar-refractivity contribution in [2.75, 3.05) is 5.32 Å². The van der Waals surface area contributed by atoms with Gasteiger partial charge in [-0.25, -0.2) is 9.07 Å². The van der Waals surface area contributed by atoms with Crippen molar-refractivity contribution in [3.05, 3.63) is 95.5 Å². The smallest absolute Gasteiger partial charge is 0.291 e. The molecule has 0 saturated carbocycles.